The maximum atomic E-state index is 11.6. The van der Waals surface area contributed by atoms with Gasteiger partial charge in [-0.25, -0.2) is 16.8 Å². The number of fused-ring (bicyclic) bond motifs is 1. The third kappa shape index (κ3) is 1.30. The summed E-state index contributed by atoms with van der Waals surface area (Å²) in [5.41, 5.74) is 0. The van der Waals surface area contributed by atoms with Crippen molar-refractivity contribution in [3.8, 4) is 0 Å². The first kappa shape index (κ1) is 10.4. The highest BCUT2D eigenvalue weighted by atomic mass is 32.3. The number of sulfone groups is 2. The van der Waals surface area contributed by atoms with E-state index in [0.717, 1.165) is 6.26 Å². The van der Waals surface area contributed by atoms with Gasteiger partial charge in [0.2, 0.25) is 0 Å². The van der Waals surface area contributed by atoms with Crippen LogP contribution in [-0.4, -0.2) is 45.6 Å². The molecule has 0 aromatic rings. The molecule has 7 heteroatoms. The van der Waals surface area contributed by atoms with Crippen LogP contribution in [0.5, 0.6) is 0 Å². The molecule has 0 amide bonds. The van der Waals surface area contributed by atoms with Gasteiger partial charge in [-0.05, 0) is 12.8 Å². The lowest BCUT2D eigenvalue weighted by Gasteiger charge is -2.44. The van der Waals surface area contributed by atoms with E-state index in [9.17, 15) is 16.8 Å². The highest BCUT2D eigenvalue weighted by Gasteiger charge is 2.62. The summed E-state index contributed by atoms with van der Waals surface area (Å²) in [5, 5.41) is -0.587. The molecule has 0 saturated carbocycles. The Labute approximate surface area is 83.3 Å². The molecule has 2 rings (SSSR count). The molecule has 14 heavy (non-hydrogen) atoms. The van der Waals surface area contributed by atoms with E-state index >= 15 is 0 Å². The van der Waals surface area contributed by atoms with Gasteiger partial charge in [0.15, 0.2) is 24.3 Å². The maximum Gasteiger partial charge on any atom is 0.190 e. The lowest BCUT2D eigenvalue weighted by molar-refractivity contribution is 0.0134. The van der Waals surface area contributed by atoms with Crippen LogP contribution in [0.25, 0.3) is 0 Å². The molecule has 0 aliphatic carbocycles. The Bertz CT molecular complexity index is 435. The van der Waals surface area contributed by atoms with E-state index in [4.69, 9.17) is 4.74 Å². The zero-order chi connectivity index (χ0) is 10.6. The summed E-state index contributed by atoms with van der Waals surface area (Å²) >= 11 is 0. The number of hydrogen-bond donors (Lipinski definition) is 0. The molecule has 0 spiro atoms. The number of rotatable bonds is 1. The monoisotopic (exact) mass is 240 g/mol. The summed E-state index contributed by atoms with van der Waals surface area (Å²) in [6.45, 7) is 0.461. The zero-order valence-corrected chi connectivity index (χ0v) is 9.34. The van der Waals surface area contributed by atoms with Gasteiger partial charge in [-0.3, -0.25) is 0 Å². The number of hydrogen-bond acceptors (Lipinski definition) is 5. The van der Waals surface area contributed by atoms with Crippen molar-refractivity contribution in [1.82, 2.24) is 0 Å². The van der Waals surface area contributed by atoms with Crippen LogP contribution >= 0.6 is 0 Å². The van der Waals surface area contributed by atoms with Crippen LogP contribution in [-0.2, 0) is 24.4 Å². The molecule has 5 nitrogen and oxygen atoms in total. The fourth-order valence-electron chi connectivity index (χ4n) is 2.14. The SMILES string of the molecule is CS(=O)(=O)[C@@H]1[C@H]2OCCC[C@H]2S1(=O)=O. The van der Waals surface area contributed by atoms with E-state index in [1.54, 1.807) is 0 Å². The molecule has 2 heterocycles. The second-order valence-electron chi connectivity index (χ2n) is 3.80. The van der Waals surface area contributed by atoms with Crippen LogP contribution in [0.1, 0.15) is 12.8 Å². The van der Waals surface area contributed by atoms with Crippen LogP contribution in [0.15, 0.2) is 0 Å². The first-order valence-electron chi connectivity index (χ1n) is 4.38. The lowest BCUT2D eigenvalue weighted by Crippen LogP contribution is -2.65. The molecule has 0 unspecified atom stereocenters. The average Bonchev–Trinajstić information content (AvgIpc) is 2.00. The molecule has 2 aliphatic heterocycles. The minimum absolute atomic E-state index is 0.461. The quantitative estimate of drug-likeness (QED) is 0.607. The van der Waals surface area contributed by atoms with Gasteiger partial charge in [0, 0.05) is 12.9 Å². The van der Waals surface area contributed by atoms with Gasteiger partial charge >= 0.3 is 0 Å². The molecule has 0 aromatic heterocycles. The minimum Gasteiger partial charge on any atom is -0.374 e. The van der Waals surface area contributed by atoms with Crippen molar-refractivity contribution < 1.29 is 21.6 Å². The predicted octanol–water partition coefficient (Wildman–Crippen LogP) is -0.667. The first-order chi connectivity index (χ1) is 6.35. The molecular formula is C7H12O5S2. The van der Waals surface area contributed by atoms with Crippen molar-refractivity contribution in [1.29, 1.82) is 0 Å². The normalized spacial score (nSPS) is 41.1. The highest BCUT2D eigenvalue weighted by Crippen LogP contribution is 2.40. The second-order valence-corrected chi connectivity index (χ2v) is 8.56. The molecular weight excluding hydrogens is 228 g/mol. The molecule has 0 bridgehead atoms. The van der Waals surface area contributed by atoms with E-state index in [0.29, 0.717) is 19.4 Å². The summed E-state index contributed by atoms with van der Waals surface area (Å²) in [6.07, 6.45) is 1.54. The van der Waals surface area contributed by atoms with Gasteiger partial charge in [-0.1, -0.05) is 0 Å². The molecule has 2 fully saturated rings. The van der Waals surface area contributed by atoms with Gasteiger partial charge in [0.1, 0.15) is 6.10 Å². The summed E-state index contributed by atoms with van der Waals surface area (Å²) < 4.78 is 49.5. The van der Waals surface area contributed by atoms with Crippen LogP contribution in [0, 0.1) is 0 Å². The third-order valence-corrected chi connectivity index (χ3v) is 7.98. The number of ether oxygens (including phenoxy) is 1. The Kier molecular flexibility index (Phi) is 2.17. The summed E-state index contributed by atoms with van der Waals surface area (Å²) in [4.78, 5) is 0. The van der Waals surface area contributed by atoms with Gasteiger partial charge in [-0.2, -0.15) is 0 Å². The Balaban J connectivity index is 2.37. The zero-order valence-electron chi connectivity index (χ0n) is 7.71. The Morgan fingerprint density at radius 2 is 2.00 bits per heavy atom. The van der Waals surface area contributed by atoms with Crippen LogP contribution in [0.4, 0.5) is 0 Å². The van der Waals surface area contributed by atoms with Crippen molar-refractivity contribution in [2.24, 2.45) is 0 Å². The first-order valence-corrected chi connectivity index (χ1v) is 7.95. The van der Waals surface area contributed by atoms with Crippen molar-refractivity contribution in [2.45, 2.75) is 28.8 Å². The predicted molar refractivity (Wildman–Crippen MR) is 50.3 cm³/mol. The van der Waals surface area contributed by atoms with Crippen molar-refractivity contribution in [3.63, 3.8) is 0 Å². The van der Waals surface area contributed by atoms with E-state index in [1.807, 2.05) is 0 Å². The van der Waals surface area contributed by atoms with Gasteiger partial charge in [0.05, 0.1) is 5.25 Å². The molecule has 2 saturated heterocycles. The van der Waals surface area contributed by atoms with Crippen LogP contribution in [0.3, 0.4) is 0 Å². The minimum atomic E-state index is -3.56. The average molecular weight is 240 g/mol. The Morgan fingerprint density at radius 3 is 2.57 bits per heavy atom. The van der Waals surface area contributed by atoms with E-state index < -0.39 is 35.6 Å². The smallest absolute Gasteiger partial charge is 0.190 e. The molecule has 82 valence electrons. The summed E-state index contributed by atoms with van der Waals surface area (Å²) in [6, 6.07) is 0. The lowest BCUT2D eigenvalue weighted by atomic mass is 10.1. The Morgan fingerprint density at radius 1 is 1.36 bits per heavy atom. The van der Waals surface area contributed by atoms with Crippen molar-refractivity contribution in [2.75, 3.05) is 12.9 Å². The third-order valence-electron chi connectivity index (χ3n) is 2.75. The molecule has 0 radical (unpaired) electrons. The van der Waals surface area contributed by atoms with Crippen molar-refractivity contribution in [3.05, 3.63) is 0 Å². The molecule has 0 aromatic carbocycles. The van der Waals surface area contributed by atoms with Crippen LogP contribution in [0.2, 0.25) is 0 Å². The van der Waals surface area contributed by atoms with Crippen molar-refractivity contribution >= 4 is 19.7 Å². The van der Waals surface area contributed by atoms with E-state index in [-0.39, 0.29) is 0 Å². The second kappa shape index (κ2) is 2.93. The molecule has 0 N–H and O–H groups in total. The summed E-state index contributed by atoms with van der Waals surface area (Å²) in [5.74, 6) is 0. The Hall–Kier alpha value is -0.140. The standard InChI is InChI=1S/C7H12O5S2/c1-13(8,9)7-6-5(14(7,10)11)3-2-4-12-6/h5-7H,2-4H2,1H3/t5-,6+,7+/m1/s1. The van der Waals surface area contributed by atoms with Gasteiger partial charge < -0.3 is 4.74 Å². The highest BCUT2D eigenvalue weighted by molar-refractivity contribution is 8.10. The topological polar surface area (TPSA) is 77.5 Å². The fourth-order valence-corrected chi connectivity index (χ4v) is 7.19. The molecule has 3 atom stereocenters. The fraction of sp³-hybridized carbons (Fsp3) is 1.00. The maximum absolute atomic E-state index is 11.6. The summed E-state index contributed by atoms with van der Waals surface area (Å²) in [7, 11) is -7.05. The van der Waals surface area contributed by atoms with Gasteiger partial charge in [0.25, 0.3) is 0 Å². The van der Waals surface area contributed by atoms with E-state index in [1.165, 1.54) is 0 Å². The van der Waals surface area contributed by atoms with Crippen LogP contribution < -0.4 is 0 Å². The van der Waals surface area contributed by atoms with Gasteiger partial charge in [-0.15, -0.1) is 0 Å². The largest absolute Gasteiger partial charge is 0.374 e. The van der Waals surface area contributed by atoms with E-state index in [2.05, 4.69) is 0 Å². The molecule has 2 aliphatic rings.